The van der Waals surface area contributed by atoms with E-state index in [1.165, 1.54) is 24.0 Å². The second-order valence-electron chi connectivity index (χ2n) is 4.63. The van der Waals surface area contributed by atoms with Crippen molar-refractivity contribution in [2.45, 2.75) is 38.3 Å². The van der Waals surface area contributed by atoms with Gasteiger partial charge in [-0.05, 0) is 36.5 Å². The summed E-state index contributed by atoms with van der Waals surface area (Å²) in [6.45, 7) is 0.804. The average Bonchev–Trinajstić information content (AvgIpc) is 3.06. The summed E-state index contributed by atoms with van der Waals surface area (Å²) in [7, 11) is 0. The molecule has 0 radical (unpaired) electrons. The third-order valence-corrected chi connectivity index (χ3v) is 4.20. The number of nitrogens with zero attached hydrogens (tertiary/aromatic N) is 1. The SMILES string of the molecule is O=C1CCc2c(Br)cccc2CN1C1CC1. The highest BCUT2D eigenvalue weighted by Gasteiger charge is 2.34. The van der Waals surface area contributed by atoms with E-state index in [9.17, 15) is 4.79 Å². The summed E-state index contributed by atoms with van der Waals surface area (Å²) in [5.74, 6) is 0.325. The molecule has 0 bridgehead atoms. The number of halogens is 1. The highest BCUT2D eigenvalue weighted by Crippen LogP contribution is 2.33. The maximum absolute atomic E-state index is 12.0. The predicted octanol–water partition coefficient (Wildman–Crippen LogP) is 2.89. The molecular formula is C13H14BrNO. The zero-order chi connectivity index (χ0) is 11.1. The minimum atomic E-state index is 0.325. The molecule has 2 aliphatic rings. The monoisotopic (exact) mass is 279 g/mol. The molecule has 1 aliphatic heterocycles. The fourth-order valence-electron chi connectivity index (χ4n) is 2.40. The summed E-state index contributed by atoms with van der Waals surface area (Å²) in [6.07, 6.45) is 3.91. The molecule has 1 amide bonds. The molecule has 3 heteroatoms. The van der Waals surface area contributed by atoms with Gasteiger partial charge in [-0.25, -0.2) is 0 Å². The second kappa shape index (κ2) is 3.88. The summed E-state index contributed by atoms with van der Waals surface area (Å²) in [4.78, 5) is 14.1. The third-order valence-electron chi connectivity index (χ3n) is 3.45. The zero-order valence-corrected chi connectivity index (χ0v) is 10.7. The standard InChI is InChI=1S/C13H14BrNO/c14-12-3-1-2-9-8-15(10-4-5-10)13(16)7-6-11(9)12/h1-3,10H,4-8H2. The lowest BCUT2D eigenvalue weighted by molar-refractivity contribution is -0.132. The van der Waals surface area contributed by atoms with Crippen LogP contribution in [-0.2, 0) is 17.8 Å². The van der Waals surface area contributed by atoms with Crippen LogP contribution in [0.15, 0.2) is 22.7 Å². The van der Waals surface area contributed by atoms with E-state index in [1.807, 2.05) is 0 Å². The largest absolute Gasteiger partial charge is 0.335 e. The Hall–Kier alpha value is -0.830. The van der Waals surface area contributed by atoms with Gasteiger partial charge in [-0.3, -0.25) is 4.79 Å². The van der Waals surface area contributed by atoms with Gasteiger partial charge in [-0.2, -0.15) is 0 Å². The van der Waals surface area contributed by atoms with E-state index in [2.05, 4.69) is 39.0 Å². The fraction of sp³-hybridized carbons (Fsp3) is 0.462. The quantitative estimate of drug-likeness (QED) is 0.774. The minimum Gasteiger partial charge on any atom is -0.335 e. The van der Waals surface area contributed by atoms with Gasteiger partial charge >= 0.3 is 0 Å². The van der Waals surface area contributed by atoms with Crippen LogP contribution in [0.1, 0.15) is 30.4 Å². The van der Waals surface area contributed by atoms with Crippen molar-refractivity contribution in [3.8, 4) is 0 Å². The lowest BCUT2D eigenvalue weighted by Crippen LogP contribution is -2.31. The van der Waals surface area contributed by atoms with Gasteiger partial charge in [-0.1, -0.05) is 28.1 Å². The Balaban J connectivity index is 1.97. The highest BCUT2D eigenvalue weighted by molar-refractivity contribution is 9.10. The molecular weight excluding hydrogens is 266 g/mol. The van der Waals surface area contributed by atoms with Gasteiger partial charge in [-0.15, -0.1) is 0 Å². The number of hydrogen-bond acceptors (Lipinski definition) is 1. The first-order valence-corrected chi connectivity index (χ1v) is 6.61. The topological polar surface area (TPSA) is 20.3 Å². The van der Waals surface area contributed by atoms with E-state index >= 15 is 0 Å². The van der Waals surface area contributed by atoms with Gasteiger partial charge in [0.25, 0.3) is 0 Å². The van der Waals surface area contributed by atoms with Crippen molar-refractivity contribution in [2.24, 2.45) is 0 Å². The Labute approximate surface area is 104 Å². The molecule has 0 spiro atoms. The first-order chi connectivity index (χ1) is 7.75. The highest BCUT2D eigenvalue weighted by atomic mass is 79.9. The Kier molecular flexibility index (Phi) is 2.51. The number of amides is 1. The summed E-state index contributed by atoms with van der Waals surface area (Å²) in [5, 5.41) is 0. The molecule has 16 heavy (non-hydrogen) atoms. The van der Waals surface area contributed by atoms with Crippen molar-refractivity contribution in [3.63, 3.8) is 0 Å². The van der Waals surface area contributed by atoms with Crippen LogP contribution in [0.5, 0.6) is 0 Å². The fourth-order valence-corrected chi connectivity index (χ4v) is 3.00. The van der Waals surface area contributed by atoms with Crippen LogP contribution in [0, 0.1) is 0 Å². The van der Waals surface area contributed by atoms with Crippen LogP contribution in [0.4, 0.5) is 0 Å². The van der Waals surface area contributed by atoms with Crippen molar-refractivity contribution in [1.82, 2.24) is 4.90 Å². The molecule has 0 N–H and O–H groups in total. The van der Waals surface area contributed by atoms with E-state index in [0.717, 1.165) is 17.4 Å². The minimum absolute atomic E-state index is 0.325. The number of hydrogen-bond donors (Lipinski definition) is 0. The molecule has 1 aromatic rings. The first kappa shape index (κ1) is 10.3. The molecule has 0 unspecified atom stereocenters. The maximum Gasteiger partial charge on any atom is 0.223 e. The normalized spacial score (nSPS) is 20.6. The molecule has 84 valence electrons. The molecule has 0 saturated heterocycles. The van der Waals surface area contributed by atoms with Gasteiger partial charge in [0, 0.05) is 23.5 Å². The first-order valence-electron chi connectivity index (χ1n) is 5.81. The van der Waals surface area contributed by atoms with Crippen LogP contribution in [-0.4, -0.2) is 16.8 Å². The number of fused-ring (bicyclic) bond motifs is 1. The van der Waals surface area contributed by atoms with E-state index in [1.54, 1.807) is 0 Å². The van der Waals surface area contributed by atoms with Crippen LogP contribution in [0.25, 0.3) is 0 Å². The molecule has 1 aromatic carbocycles. The molecule has 1 aliphatic carbocycles. The second-order valence-corrected chi connectivity index (χ2v) is 5.48. The predicted molar refractivity (Wildman–Crippen MR) is 66.0 cm³/mol. The van der Waals surface area contributed by atoms with Gasteiger partial charge in [0.15, 0.2) is 0 Å². The van der Waals surface area contributed by atoms with Crippen molar-refractivity contribution in [3.05, 3.63) is 33.8 Å². The summed E-state index contributed by atoms with van der Waals surface area (Å²) < 4.78 is 1.15. The van der Waals surface area contributed by atoms with E-state index in [-0.39, 0.29) is 0 Å². The molecule has 3 rings (SSSR count). The molecule has 0 aromatic heterocycles. The van der Waals surface area contributed by atoms with Crippen molar-refractivity contribution in [1.29, 1.82) is 0 Å². The summed E-state index contributed by atoms with van der Waals surface area (Å²) >= 11 is 3.58. The van der Waals surface area contributed by atoms with Crippen molar-refractivity contribution < 1.29 is 4.79 Å². The number of carbonyl (C=O) groups excluding carboxylic acids is 1. The maximum atomic E-state index is 12.0. The lowest BCUT2D eigenvalue weighted by atomic mass is 10.0. The lowest BCUT2D eigenvalue weighted by Gasteiger charge is -2.20. The number of rotatable bonds is 1. The van der Waals surface area contributed by atoms with Crippen molar-refractivity contribution >= 4 is 21.8 Å². The average molecular weight is 280 g/mol. The van der Waals surface area contributed by atoms with Gasteiger partial charge in [0.2, 0.25) is 5.91 Å². The van der Waals surface area contributed by atoms with Crippen LogP contribution >= 0.6 is 15.9 Å². The summed E-state index contributed by atoms with van der Waals surface area (Å²) in [5.41, 5.74) is 2.63. The van der Waals surface area contributed by atoms with Gasteiger partial charge in [0.1, 0.15) is 0 Å². The van der Waals surface area contributed by atoms with Crippen molar-refractivity contribution in [2.75, 3.05) is 0 Å². The molecule has 1 saturated carbocycles. The Morgan fingerprint density at radius 2 is 2.06 bits per heavy atom. The van der Waals surface area contributed by atoms with Crippen LogP contribution in [0.3, 0.4) is 0 Å². The van der Waals surface area contributed by atoms with Crippen LogP contribution in [0.2, 0.25) is 0 Å². The molecule has 1 heterocycles. The Morgan fingerprint density at radius 3 is 2.81 bits per heavy atom. The third kappa shape index (κ3) is 1.77. The zero-order valence-electron chi connectivity index (χ0n) is 9.08. The molecule has 2 nitrogen and oxygen atoms in total. The smallest absolute Gasteiger partial charge is 0.223 e. The summed E-state index contributed by atoms with van der Waals surface area (Å²) in [6, 6.07) is 6.80. The van der Waals surface area contributed by atoms with Crippen LogP contribution < -0.4 is 0 Å². The molecule has 1 fully saturated rings. The van der Waals surface area contributed by atoms with E-state index in [0.29, 0.717) is 18.4 Å². The number of benzene rings is 1. The van der Waals surface area contributed by atoms with Gasteiger partial charge in [0.05, 0.1) is 0 Å². The van der Waals surface area contributed by atoms with E-state index in [4.69, 9.17) is 0 Å². The van der Waals surface area contributed by atoms with Gasteiger partial charge < -0.3 is 4.90 Å². The Bertz CT molecular complexity index is 440. The molecule has 0 atom stereocenters. The number of carbonyl (C=O) groups is 1. The Morgan fingerprint density at radius 1 is 1.25 bits per heavy atom. The van der Waals surface area contributed by atoms with E-state index < -0.39 is 0 Å².